The fourth-order valence-electron chi connectivity index (χ4n) is 4.71. The third kappa shape index (κ3) is 6.40. The lowest BCUT2D eigenvalue weighted by molar-refractivity contribution is 0.198. The lowest BCUT2D eigenvalue weighted by Crippen LogP contribution is -2.33. The van der Waals surface area contributed by atoms with E-state index in [-0.39, 0.29) is 0 Å². The predicted molar refractivity (Wildman–Crippen MR) is 127 cm³/mol. The number of hydrogen-bond acceptors (Lipinski definition) is 6. The monoisotopic (exact) mass is 440 g/mol. The molecule has 0 aliphatic carbocycles. The first-order valence-electron chi connectivity index (χ1n) is 11.8. The molecule has 2 aromatic rings. The second-order valence-corrected chi connectivity index (χ2v) is 9.78. The molecule has 2 aliphatic heterocycles. The summed E-state index contributed by atoms with van der Waals surface area (Å²) in [5.74, 6) is 2.71. The summed E-state index contributed by atoms with van der Waals surface area (Å²) in [6.07, 6.45) is 11.6. The van der Waals surface area contributed by atoms with Crippen molar-refractivity contribution in [3.63, 3.8) is 0 Å². The smallest absolute Gasteiger partial charge is 0.191 e. The molecule has 0 amide bonds. The molecule has 2 aromatic heterocycles. The van der Waals surface area contributed by atoms with Crippen LogP contribution in [0.25, 0.3) is 0 Å². The maximum absolute atomic E-state index is 4.65. The zero-order valence-corrected chi connectivity index (χ0v) is 19.5. The molecule has 2 fully saturated rings. The maximum Gasteiger partial charge on any atom is 0.191 e. The molecule has 0 N–H and O–H groups in total. The Labute approximate surface area is 191 Å². The molecule has 0 saturated carbocycles. The fourth-order valence-corrected chi connectivity index (χ4v) is 5.66. The Bertz CT molecular complexity index is 792. The molecule has 0 bridgehead atoms. The van der Waals surface area contributed by atoms with Gasteiger partial charge in [0, 0.05) is 37.5 Å². The zero-order valence-electron chi connectivity index (χ0n) is 18.7. The summed E-state index contributed by atoms with van der Waals surface area (Å²) in [6.45, 7) is 11.5. The molecule has 2 saturated heterocycles. The average Bonchev–Trinajstić information content (AvgIpc) is 3.01. The second kappa shape index (κ2) is 11.8. The molecule has 2 aliphatic rings. The van der Waals surface area contributed by atoms with Crippen LogP contribution >= 0.6 is 11.8 Å². The van der Waals surface area contributed by atoms with Crippen molar-refractivity contribution in [1.29, 1.82) is 0 Å². The van der Waals surface area contributed by atoms with Crippen LogP contribution in [0.1, 0.15) is 56.0 Å². The maximum atomic E-state index is 4.65. The van der Waals surface area contributed by atoms with Gasteiger partial charge in [0.2, 0.25) is 0 Å². The van der Waals surface area contributed by atoms with E-state index in [1.54, 1.807) is 0 Å². The molecule has 7 heteroatoms. The molecular weight excluding hydrogens is 404 g/mol. The van der Waals surface area contributed by atoms with Crippen molar-refractivity contribution >= 4 is 11.8 Å². The molecule has 4 heterocycles. The first-order valence-corrected chi connectivity index (χ1v) is 12.8. The van der Waals surface area contributed by atoms with Crippen molar-refractivity contribution in [3.8, 4) is 0 Å². The summed E-state index contributed by atoms with van der Waals surface area (Å²) >= 11 is 1.86. The minimum atomic E-state index is 0.479. The van der Waals surface area contributed by atoms with Gasteiger partial charge < -0.3 is 9.47 Å². The van der Waals surface area contributed by atoms with Gasteiger partial charge in [-0.3, -0.25) is 9.88 Å². The van der Waals surface area contributed by atoms with E-state index in [2.05, 4.69) is 48.3 Å². The number of thioether (sulfide) groups is 1. The highest BCUT2D eigenvalue weighted by molar-refractivity contribution is 7.99. The summed E-state index contributed by atoms with van der Waals surface area (Å²) in [6, 6.07) is 6.16. The molecular formula is C24H36N6S. The SMILES string of the molecule is C=CCn1c(SCCN2CCCCCC2)nnc1C1CCN(Cc2ccccn2)CC1. The van der Waals surface area contributed by atoms with Crippen LogP contribution in [-0.2, 0) is 13.1 Å². The van der Waals surface area contributed by atoms with E-state index >= 15 is 0 Å². The highest BCUT2D eigenvalue weighted by Gasteiger charge is 2.26. The van der Waals surface area contributed by atoms with E-state index in [0.717, 1.165) is 68.0 Å². The van der Waals surface area contributed by atoms with Crippen molar-refractivity contribution in [2.24, 2.45) is 0 Å². The molecule has 0 unspecified atom stereocenters. The first kappa shape index (κ1) is 22.5. The summed E-state index contributed by atoms with van der Waals surface area (Å²) in [7, 11) is 0. The Kier molecular flexibility index (Phi) is 8.55. The lowest BCUT2D eigenvalue weighted by atomic mass is 9.95. The van der Waals surface area contributed by atoms with Crippen LogP contribution in [0, 0.1) is 0 Å². The van der Waals surface area contributed by atoms with E-state index in [0.29, 0.717) is 5.92 Å². The molecule has 6 nitrogen and oxygen atoms in total. The highest BCUT2D eigenvalue weighted by Crippen LogP contribution is 2.30. The Morgan fingerprint density at radius 3 is 2.52 bits per heavy atom. The Morgan fingerprint density at radius 2 is 1.81 bits per heavy atom. The van der Waals surface area contributed by atoms with Gasteiger partial charge in [0.05, 0.1) is 5.69 Å². The van der Waals surface area contributed by atoms with E-state index < -0.39 is 0 Å². The average molecular weight is 441 g/mol. The number of nitrogens with zero attached hydrogens (tertiary/aromatic N) is 6. The summed E-state index contributed by atoms with van der Waals surface area (Å²) in [5.41, 5.74) is 1.15. The van der Waals surface area contributed by atoms with Gasteiger partial charge in [0.1, 0.15) is 5.82 Å². The molecule has 168 valence electrons. The molecule has 4 rings (SSSR count). The van der Waals surface area contributed by atoms with Gasteiger partial charge in [-0.2, -0.15) is 0 Å². The molecule has 31 heavy (non-hydrogen) atoms. The number of aromatic nitrogens is 4. The van der Waals surface area contributed by atoms with Crippen molar-refractivity contribution in [1.82, 2.24) is 29.5 Å². The predicted octanol–water partition coefficient (Wildman–Crippen LogP) is 4.21. The third-order valence-corrected chi connectivity index (χ3v) is 7.41. The van der Waals surface area contributed by atoms with Crippen LogP contribution in [0.15, 0.2) is 42.2 Å². The van der Waals surface area contributed by atoms with Crippen LogP contribution < -0.4 is 0 Å². The highest BCUT2D eigenvalue weighted by atomic mass is 32.2. The summed E-state index contributed by atoms with van der Waals surface area (Å²) in [5, 5.41) is 10.3. The van der Waals surface area contributed by atoms with E-state index in [4.69, 9.17) is 0 Å². The Balaban J connectivity index is 1.31. The van der Waals surface area contributed by atoms with E-state index in [1.165, 1.54) is 38.8 Å². The van der Waals surface area contributed by atoms with Gasteiger partial charge in [-0.15, -0.1) is 16.8 Å². The van der Waals surface area contributed by atoms with Gasteiger partial charge in [-0.1, -0.05) is 36.7 Å². The van der Waals surface area contributed by atoms with Crippen molar-refractivity contribution in [3.05, 3.63) is 48.6 Å². The number of piperidine rings is 1. The minimum absolute atomic E-state index is 0.479. The molecule has 0 atom stereocenters. The molecule has 0 radical (unpaired) electrons. The van der Waals surface area contributed by atoms with Crippen molar-refractivity contribution < 1.29 is 0 Å². The Morgan fingerprint density at radius 1 is 1.00 bits per heavy atom. The van der Waals surface area contributed by atoms with Crippen molar-refractivity contribution in [2.75, 3.05) is 38.5 Å². The molecule has 0 aromatic carbocycles. The fraction of sp³-hybridized carbons (Fsp3) is 0.625. The normalized spacial score (nSPS) is 19.4. The van der Waals surface area contributed by atoms with Crippen LogP contribution in [-0.4, -0.2) is 68.0 Å². The lowest BCUT2D eigenvalue weighted by Gasteiger charge is -2.31. The van der Waals surface area contributed by atoms with Crippen LogP contribution in [0.4, 0.5) is 0 Å². The van der Waals surface area contributed by atoms with E-state index in [9.17, 15) is 0 Å². The zero-order chi connectivity index (χ0) is 21.3. The largest absolute Gasteiger partial charge is 0.303 e. The number of hydrogen-bond donors (Lipinski definition) is 0. The van der Waals surface area contributed by atoms with E-state index in [1.807, 2.05) is 30.1 Å². The topological polar surface area (TPSA) is 50.1 Å². The van der Waals surface area contributed by atoms with Gasteiger partial charge in [-0.25, -0.2) is 0 Å². The quantitative estimate of drug-likeness (QED) is 0.430. The van der Waals surface area contributed by atoms with Crippen LogP contribution in [0.5, 0.6) is 0 Å². The third-order valence-electron chi connectivity index (χ3n) is 6.46. The summed E-state index contributed by atoms with van der Waals surface area (Å²) in [4.78, 5) is 9.60. The van der Waals surface area contributed by atoms with Gasteiger partial charge in [-0.05, 0) is 64.0 Å². The van der Waals surface area contributed by atoms with Crippen LogP contribution in [0.2, 0.25) is 0 Å². The van der Waals surface area contributed by atoms with Gasteiger partial charge in [0.15, 0.2) is 5.16 Å². The standard InChI is InChI=1S/C24H36N6S/c1-2-13-30-23(21-10-16-29(17-11-21)20-22-9-5-6-12-25-22)26-27-24(30)31-19-18-28-14-7-3-4-8-15-28/h2,5-6,9,12,21H,1,3-4,7-8,10-11,13-20H2. The molecule has 0 spiro atoms. The summed E-state index contributed by atoms with van der Waals surface area (Å²) < 4.78 is 2.30. The van der Waals surface area contributed by atoms with Crippen LogP contribution in [0.3, 0.4) is 0 Å². The number of pyridine rings is 1. The van der Waals surface area contributed by atoms with Crippen molar-refractivity contribution in [2.45, 2.75) is 62.7 Å². The van der Waals surface area contributed by atoms with Gasteiger partial charge in [0.25, 0.3) is 0 Å². The Hall–Kier alpha value is -1.70. The second-order valence-electron chi connectivity index (χ2n) is 8.72. The first-order chi connectivity index (χ1) is 15.3. The number of allylic oxidation sites excluding steroid dienone is 1. The number of likely N-dealkylation sites (tertiary alicyclic amines) is 2. The number of rotatable bonds is 9. The van der Waals surface area contributed by atoms with Gasteiger partial charge >= 0.3 is 0 Å². The minimum Gasteiger partial charge on any atom is -0.303 e.